The molecule has 1 heterocycles. The summed E-state index contributed by atoms with van der Waals surface area (Å²) in [6.07, 6.45) is 5.48. The number of amides is 1. The second kappa shape index (κ2) is 7.82. The summed E-state index contributed by atoms with van der Waals surface area (Å²) in [4.78, 5) is 12.4. The maximum absolute atomic E-state index is 12.8. The van der Waals surface area contributed by atoms with Crippen molar-refractivity contribution in [2.75, 3.05) is 13.1 Å². The van der Waals surface area contributed by atoms with Crippen molar-refractivity contribution in [3.63, 3.8) is 0 Å². The van der Waals surface area contributed by atoms with E-state index in [1.165, 1.54) is 29.3 Å². The van der Waals surface area contributed by atoms with Crippen LogP contribution in [-0.2, 0) is 14.8 Å². The number of carbonyl (C=O) groups excluding carboxylic acids is 1. The molecule has 1 aromatic rings. The van der Waals surface area contributed by atoms with Crippen LogP contribution in [0.5, 0.6) is 0 Å². The summed E-state index contributed by atoms with van der Waals surface area (Å²) in [5.74, 6) is -0.0633. The molecule has 2 aliphatic rings. The molecule has 0 aromatic heterocycles. The lowest BCUT2D eigenvalue weighted by atomic mass is 9.97. The third-order valence-electron chi connectivity index (χ3n) is 5.04. The SMILES string of the molecule is O=C(NC1CCCC1)C1CCN(S(=O)(=O)c2cc(Cl)ccc2Cl)CC1. The molecular weight excluding hydrogens is 383 g/mol. The van der Waals surface area contributed by atoms with E-state index in [0.29, 0.717) is 37.0 Å². The fourth-order valence-electron chi connectivity index (χ4n) is 3.56. The fraction of sp³-hybridized carbons (Fsp3) is 0.588. The molecule has 1 N–H and O–H groups in total. The molecule has 8 heteroatoms. The third-order valence-corrected chi connectivity index (χ3v) is 7.65. The molecular formula is C17H22Cl2N2O3S. The number of halogens is 2. The second-order valence-corrected chi connectivity index (χ2v) is 9.49. The van der Waals surface area contributed by atoms with E-state index in [9.17, 15) is 13.2 Å². The molecule has 0 radical (unpaired) electrons. The van der Waals surface area contributed by atoms with Crippen LogP contribution in [0.4, 0.5) is 0 Å². The fourth-order valence-corrected chi connectivity index (χ4v) is 5.77. The van der Waals surface area contributed by atoms with Gasteiger partial charge in [0.2, 0.25) is 15.9 Å². The minimum atomic E-state index is -3.70. The number of sulfonamides is 1. The summed E-state index contributed by atoms with van der Waals surface area (Å²) in [7, 11) is -3.70. The lowest BCUT2D eigenvalue weighted by molar-refractivity contribution is -0.126. The molecule has 0 unspecified atom stereocenters. The Morgan fingerprint density at radius 1 is 1.08 bits per heavy atom. The lowest BCUT2D eigenvalue weighted by Gasteiger charge is -2.31. The van der Waals surface area contributed by atoms with E-state index < -0.39 is 10.0 Å². The minimum absolute atomic E-state index is 0.0236. The van der Waals surface area contributed by atoms with Gasteiger partial charge in [0.15, 0.2) is 0 Å². The Balaban J connectivity index is 1.63. The quantitative estimate of drug-likeness (QED) is 0.835. The Morgan fingerprint density at radius 2 is 1.72 bits per heavy atom. The summed E-state index contributed by atoms with van der Waals surface area (Å²) in [5, 5.41) is 3.59. The van der Waals surface area contributed by atoms with E-state index in [-0.39, 0.29) is 21.7 Å². The molecule has 1 saturated heterocycles. The molecule has 1 saturated carbocycles. The van der Waals surface area contributed by atoms with Gasteiger partial charge in [-0.05, 0) is 43.9 Å². The average molecular weight is 405 g/mol. The van der Waals surface area contributed by atoms with Crippen molar-refractivity contribution in [2.45, 2.75) is 49.5 Å². The Kier molecular flexibility index (Phi) is 5.93. The van der Waals surface area contributed by atoms with E-state index in [4.69, 9.17) is 23.2 Å². The zero-order chi connectivity index (χ0) is 18.0. The number of nitrogens with one attached hydrogen (secondary N) is 1. The van der Waals surface area contributed by atoms with E-state index in [1.807, 2.05) is 0 Å². The number of benzene rings is 1. The van der Waals surface area contributed by atoms with Crippen LogP contribution >= 0.6 is 23.2 Å². The van der Waals surface area contributed by atoms with Gasteiger partial charge in [0, 0.05) is 30.1 Å². The Labute approximate surface area is 158 Å². The summed E-state index contributed by atoms with van der Waals surface area (Å²) < 4.78 is 27.0. The number of carbonyl (C=O) groups is 1. The molecule has 5 nitrogen and oxygen atoms in total. The first-order chi connectivity index (χ1) is 11.9. The average Bonchev–Trinajstić information content (AvgIpc) is 3.10. The summed E-state index contributed by atoms with van der Waals surface area (Å²) >= 11 is 12.0. The highest BCUT2D eigenvalue weighted by molar-refractivity contribution is 7.89. The van der Waals surface area contributed by atoms with Crippen molar-refractivity contribution < 1.29 is 13.2 Å². The molecule has 3 rings (SSSR count). The van der Waals surface area contributed by atoms with Gasteiger partial charge >= 0.3 is 0 Å². The van der Waals surface area contributed by atoms with Crippen molar-refractivity contribution in [3.05, 3.63) is 28.2 Å². The van der Waals surface area contributed by atoms with E-state index in [2.05, 4.69) is 5.32 Å². The van der Waals surface area contributed by atoms with Crippen molar-refractivity contribution in [1.82, 2.24) is 9.62 Å². The molecule has 0 bridgehead atoms. The molecule has 0 atom stereocenters. The van der Waals surface area contributed by atoms with Gasteiger partial charge in [-0.3, -0.25) is 4.79 Å². The monoisotopic (exact) mass is 404 g/mol. The first-order valence-electron chi connectivity index (χ1n) is 8.63. The van der Waals surface area contributed by atoms with E-state index in [1.54, 1.807) is 6.07 Å². The zero-order valence-electron chi connectivity index (χ0n) is 13.9. The van der Waals surface area contributed by atoms with Gasteiger partial charge in [-0.15, -0.1) is 0 Å². The van der Waals surface area contributed by atoms with Crippen LogP contribution in [0, 0.1) is 5.92 Å². The molecule has 25 heavy (non-hydrogen) atoms. The summed E-state index contributed by atoms with van der Waals surface area (Å²) in [6, 6.07) is 4.71. The van der Waals surface area contributed by atoms with Gasteiger partial charge in [-0.1, -0.05) is 36.0 Å². The van der Waals surface area contributed by atoms with Gasteiger partial charge < -0.3 is 5.32 Å². The van der Waals surface area contributed by atoms with Crippen molar-refractivity contribution in [1.29, 1.82) is 0 Å². The van der Waals surface area contributed by atoms with Gasteiger partial charge in [-0.2, -0.15) is 4.31 Å². The molecule has 1 aromatic carbocycles. The lowest BCUT2D eigenvalue weighted by Crippen LogP contribution is -2.44. The van der Waals surface area contributed by atoms with Crippen LogP contribution in [0.3, 0.4) is 0 Å². The van der Waals surface area contributed by atoms with Gasteiger partial charge in [0.05, 0.1) is 5.02 Å². The second-order valence-electron chi connectivity index (χ2n) is 6.74. The van der Waals surface area contributed by atoms with Crippen LogP contribution in [0.25, 0.3) is 0 Å². The number of rotatable bonds is 4. The topological polar surface area (TPSA) is 66.5 Å². The predicted octanol–water partition coefficient (Wildman–Crippen LogP) is 3.45. The van der Waals surface area contributed by atoms with Crippen LogP contribution in [0.15, 0.2) is 23.1 Å². The summed E-state index contributed by atoms with van der Waals surface area (Å²) in [5.41, 5.74) is 0. The number of nitrogens with zero attached hydrogens (tertiary/aromatic N) is 1. The smallest absolute Gasteiger partial charge is 0.244 e. The maximum atomic E-state index is 12.8. The molecule has 1 aliphatic carbocycles. The van der Waals surface area contributed by atoms with Gasteiger partial charge in [0.1, 0.15) is 4.90 Å². The van der Waals surface area contributed by atoms with Crippen LogP contribution in [0.2, 0.25) is 10.0 Å². The molecule has 138 valence electrons. The Hall–Kier alpha value is -0.820. The first kappa shape index (κ1) is 19.0. The van der Waals surface area contributed by atoms with Crippen molar-refractivity contribution >= 4 is 39.1 Å². The van der Waals surface area contributed by atoms with Gasteiger partial charge in [-0.25, -0.2) is 8.42 Å². The predicted molar refractivity (Wildman–Crippen MR) is 98.3 cm³/mol. The highest BCUT2D eigenvalue weighted by Gasteiger charge is 2.34. The number of piperidine rings is 1. The van der Waals surface area contributed by atoms with E-state index >= 15 is 0 Å². The molecule has 1 aliphatic heterocycles. The largest absolute Gasteiger partial charge is 0.353 e. The van der Waals surface area contributed by atoms with Crippen LogP contribution in [0.1, 0.15) is 38.5 Å². The standard InChI is InChI=1S/C17H22Cl2N2O3S/c18-13-5-6-15(19)16(11-13)25(23,24)21-9-7-12(8-10-21)17(22)20-14-3-1-2-4-14/h5-6,11-12,14H,1-4,7-10H2,(H,20,22). The van der Waals surface area contributed by atoms with E-state index in [0.717, 1.165) is 12.8 Å². The number of hydrogen-bond acceptors (Lipinski definition) is 3. The van der Waals surface area contributed by atoms with Gasteiger partial charge in [0.25, 0.3) is 0 Å². The Morgan fingerprint density at radius 3 is 2.36 bits per heavy atom. The van der Waals surface area contributed by atoms with Crippen LogP contribution in [-0.4, -0.2) is 37.8 Å². The number of hydrogen-bond donors (Lipinski definition) is 1. The van der Waals surface area contributed by atoms with Crippen LogP contribution < -0.4 is 5.32 Å². The highest BCUT2D eigenvalue weighted by atomic mass is 35.5. The summed E-state index contributed by atoms with van der Waals surface area (Å²) in [6.45, 7) is 0.627. The van der Waals surface area contributed by atoms with Crippen molar-refractivity contribution in [3.8, 4) is 0 Å². The zero-order valence-corrected chi connectivity index (χ0v) is 16.2. The normalized spacial score (nSPS) is 20.7. The molecule has 1 amide bonds. The minimum Gasteiger partial charge on any atom is -0.353 e. The first-order valence-corrected chi connectivity index (χ1v) is 10.8. The molecule has 0 spiro atoms. The molecule has 2 fully saturated rings. The van der Waals surface area contributed by atoms with Crippen molar-refractivity contribution in [2.24, 2.45) is 5.92 Å². The Bertz CT molecular complexity index is 740. The highest BCUT2D eigenvalue weighted by Crippen LogP contribution is 2.30. The maximum Gasteiger partial charge on any atom is 0.244 e. The third kappa shape index (κ3) is 4.30.